The normalized spacial score (nSPS) is 17.8. The lowest BCUT2D eigenvalue weighted by atomic mass is 10.1. The topological polar surface area (TPSA) is 90.5 Å². The number of anilines is 1. The summed E-state index contributed by atoms with van der Waals surface area (Å²) < 4.78 is 0. The molecule has 21 heavy (non-hydrogen) atoms. The van der Waals surface area contributed by atoms with Gasteiger partial charge in [0.05, 0.1) is 6.54 Å². The van der Waals surface area contributed by atoms with Gasteiger partial charge in [0.15, 0.2) is 0 Å². The summed E-state index contributed by atoms with van der Waals surface area (Å²) >= 11 is 0. The van der Waals surface area contributed by atoms with Gasteiger partial charge in [0.25, 0.3) is 5.91 Å². The monoisotopic (exact) mass is 290 g/mol. The third kappa shape index (κ3) is 3.79. The minimum atomic E-state index is -0.453. The van der Waals surface area contributed by atoms with E-state index < -0.39 is 6.04 Å². The number of carbonyl (C=O) groups is 3. The molecule has 1 aliphatic rings. The van der Waals surface area contributed by atoms with Crippen LogP contribution in [0.1, 0.15) is 10.4 Å². The Labute approximate surface area is 122 Å². The van der Waals surface area contributed by atoms with Crippen molar-refractivity contribution in [3.8, 4) is 0 Å². The first-order valence-electron chi connectivity index (χ1n) is 6.60. The summed E-state index contributed by atoms with van der Waals surface area (Å²) in [6.45, 7) is 0.399. The van der Waals surface area contributed by atoms with Crippen molar-refractivity contribution >= 4 is 23.4 Å². The average Bonchev–Trinajstić information content (AvgIpc) is 2.47. The number of nitrogens with zero attached hydrogens (tertiary/aromatic N) is 1. The Balaban J connectivity index is 1.95. The quantitative estimate of drug-likeness (QED) is 0.694. The van der Waals surface area contributed by atoms with E-state index in [2.05, 4.69) is 16.0 Å². The Morgan fingerprint density at radius 1 is 1.24 bits per heavy atom. The minimum absolute atomic E-state index is 0.0930. The van der Waals surface area contributed by atoms with Crippen LogP contribution in [0, 0.1) is 0 Å². The fourth-order valence-corrected chi connectivity index (χ4v) is 1.94. The van der Waals surface area contributed by atoms with Gasteiger partial charge in [-0.05, 0) is 24.3 Å². The number of piperazine rings is 1. The summed E-state index contributed by atoms with van der Waals surface area (Å²) in [5.74, 6) is -0.433. The summed E-state index contributed by atoms with van der Waals surface area (Å²) in [7, 11) is 3.36. The lowest BCUT2D eigenvalue weighted by Crippen LogP contribution is -2.56. The largest absolute Gasteiger partial charge is 0.353 e. The van der Waals surface area contributed by atoms with Gasteiger partial charge in [0, 0.05) is 31.9 Å². The summed E-state index contributed by atoms with van der Waals surface area (Å²) in [5, 5.41) is 8.22. The molecule has 0 spiro atoms. The van der Waals surface area contributed by atoms with Gasteiger partial charge in [0.1, 0.15) is 6.04 Å². The van der Waals surface area contributed by atoms with Gasteiger partial charge in [-0.1, -0.05) is 0 Å². The highest BCUT2D eigenvalue weighted by Gasteiger charge is 2.23. The highest BCUT2D eigenvalue weighted by atomic mass is 16.2. The maximum absolute atomic E-state index is 12.0. The van der Waals surface area contributed by atoms with Crippen molar-refractivity contribution in [1.82, 2.24) is 15.5 Å². The summed E-state index contributed by atoms with van der Waals surface area (Å²) in [6, 6.07) is 6.22. The second-order valence-corrected chi connectivity index (χ2v) is 5.00. The predicted octanol–water partition coefficient (Wildman–Crippen LogP) is -0.585. The van der Waals surface area contributed by atoms with Crippen LogP contribution >= 0.6 is 0 Å². The van der Waals surface area contributed by atoms with Crippen molar-refractivity contribution in [1.29, 1.82) is 0 Å². The molecular formula is C14H18N4O3. The second kappa shape index (κ2) is 6.36. The molecule has 1 aliphatic heterocycles. The van der Waals surface area contributed by atoms with Gasteiger partial charge in [0.2, 0.25) is 11.8 Å². The van der Waals surface area contributed by atoms with Crippen LogP contribution in [0.4, 0.5) is 5.69 Å². The molecule has 112 valence electrons. The van der Waals surface area contributed by atoms with E-state index in [9.17, 15) is 14.4 Å². The fourth-order valence-electron chi connectivity index (χ4n) is 1.94. The standard InChI is InChI=1S/C14H18N4O3/c1-18(2)14(21)9-3-5-10(6-4-9)17-13(20)11-7-16-12(19)8-15-11/h3-6,11,15H,7-8H2,1-2H3,(H,16,19)(H,17,20). The molecule has 1 heterocycles. The molecule has 3 N–H and O–H groups in total. The zero-order valence-electron chi connectivity index (χ0n) is 12.0. The first kappa shape index (κ1) is 15.0. The minimum Gasteiger partial charge on any atom is -0.353 e. The molecule has 0 saturated carbocycles. The molecule has 0 aliphatic carbocycles. The molecule has 7 heteroatoms. The molecule has 1 unspecified atom stereocenters. The lowest BCUT2D eigenvalue weighted by Gasteiger charge is -2.23. The van der Waals surface area contributed by atoms with Gasteiger partial charge >= 0.3 is 0 Å². The summed E-state index contributed by atoms with van der Waals surface area (Å²) in [4.78, 5) is 36.2. The first-order valence-corrected chi connectivity index (χ1v) is 6.60. The van der Waals surface area contributed by atoms with Gasteiger partial charge in [-0.15, -0.1) is 0 Å². The van der Waals surface area contributed by atoms with E-state index in [1.807, 2.05) is 0 Å². The van der Waals surface area contributed by atoms with E-state index in [1.54, 1.807) is 38.4 Å². The molecule has 1 atom stereocenters. The van der Waals surface area contributed by atoms with Crippen LogP contribution in [0.3, 0.4) is 0 Å². The van der Waals surface area contributed by atoms with Gasteiger partial charge in [-0.25, -0.2) is 0 Å². The van der Waals surface area contributed by atoms with Crippen LogP contribution in [0.15, 0.2) is 24.3 Å². The fraction of sp³-hybridized carbons (Fsp3) is 0.357. The molecule has 0 bridgehead atoms. The number of hydrogen-bond donors (Lipinski definition) is 3. The molecule has 2 rings (SSSR count). The van der Waals surface area contributed by atoms with Crippen LogP contribution in [0.5, 0.6) is 0 Å². The number of benzene rings is 1. The van der Waals surface area contributed by atoms with Crippen LogP contribution < -0.4 is 16.0 Å². The molecule has 1 saturated heterocycles. The summed E-state index contributed by atoms with van der Waals surface area (Å²) in [6.07, 6.45) is 0. The van der Waals surface area contributed by atoms with Gasteiger partial charge in [-0.3, -0.25) is 19.7 Å². The zero-order chi connectivity index (χ0) is 15.4. The molecule has 3 amide bonds. The number of nitrogens with one attached hydrogen (secondary N) is 3. The molecule has 1 fully saturated rings. The number of hydrogen-bond acceptors (Lipinski definition) is 4. The molecule has 1 aromatic carbocycles. The Morgan fingerprint density at radius 2 is 1.90 bits per heavy atom. The van der Waals surface area contributed by atoms with Crippen molar-refractivity contribution in [2.24, 2.45) is 0 Å². The Kier molecular flexibility index (Phi) is 4.54. The van der Waals surface area contributed by atoms with Crippen molar-refractivity contribution in [2.45, 2.75) is 6.04 Å². The molecule has 7 nitrogen and oxygen atoms in total. The van der Waals surface area contributed by atoms with E-state index in [-0.39, 0.29) is 30.8 Å². The van der Waals surface area contributed by atoms with E-state index >= 15 is 0 Å². The maximum atomic E-state index is 12.0. The van der Waals surface area contributed by atoms with Gasteiger partial charge in [-0.2, -0.15) is 0 Å². The SMILES string of the molecule is CN(C)C(=O)c1ccc(NC(=O)C2CNC(=O)CN2)cc1. The number of amides is 3. The van der Waals surface area contributed by atoms with E-state index in [4.69, 9.17) is 0 Å². The van der Waals surface area contributed by atoms with Crippen LogP contribution in [-0.2, 0) is 9.59 Å². The van der Waals surface area contributed by atoms with E-state index in [1.165, 1.54) is 4.90 Å². The first-order chi connectivity index (χ1) is 9.97. The third-order valence-electron chi connectivity index (χ3n) is 3.13. The molecular weight excluding hydrogens is 272 g/mol. The average molecular weight is 290 g/mol. The van der Waals surface area contributed by atoms with Crippen molar-refractivity contribution in [2.75, 3.05) is 32.5 Å². The lowest BCUT2D eigenvalue weighted by molar-refractivity contribution is -0.124. The van der Waals surface area contributed by atoms with Crippen LogP contribution in [-0.4, -0.2) is 55.8 Å². The smallest absolute Gasteiger partial charge is 0.253 e. The molecule has 1 aromatic rings. The van der Waals surface area contributed by atoms with Gasteiger partial charge < -0.3 is 15.5 Å². The third-order valence-corrected chi connectivity index (χ3v) is 3.13. The van der Waals surface area contributed by atoms with Crippen LogP contribution in [0.2, 0.25) is 0 Å². The highest BCUT2D eigenvalue weighted by Crippen LogP contribution is 2.11. The van der Waals surface area contributed by atoms with Crippen LogP contribution in [0.25, 0.3) is 0 Å². The summed E-state index contributed by atoms with van der Waals surface area (Å²) in [5.41, 5.74) is 1.16. The number of rotatable bonds is 3. The highest BCUT2D eigenvalue weighted by molar-refractivity contribution is 5.98. The Bertz CT molecular complexity index is 544. The predicted molar refractivity (Wildman–Crippen MR) is 77.9 cm³/mol. The molecule has 0 radical (unpaired) electrons. The van der Waals surface area contributed by atoms with E-state index in [0.717, 1.165) is 0 Å². The number of carbonyl (C=O) groups excluding carboxylic acids is 3. The van der Waals surface area contributed by atoms with Crippen molar-refractivity contribution < 1.29 is 14.4 Å². The van der Waals surface area contributed by atoms with E-state index in [0.29, 0.717) is 11.3 Å². The van der Waals surface area contributed by atoms with Crippen molar-refractivity contribution in [3.05, 3.63) is 29.8 Å². The zero-order valence-corrected chi connectivity index (χ0v) is 12.0. The maximum Gasteiger partial charge on any atom is 0.253 e. The second-order valence-electron chi connectivity index (χ2n) is 5.00. The Hall–Kier alpha value is -2.41. The van der Waals surface area contributed by atoms with Crippen molar-refractivity contribution in [3.63, 3.8) is 0 Å². The Morgan fingerprint density at radius 3 is 2.43 bits per heavy atom. The molecule has 0 aromatic heterocycles.